The molecule has 0 aliphatic heterocycles. The van der Waals surface area contributed by atoms with Crippen LogP contribution in [0.25, 0.3) is 10.6 Å². The first kappa shape index (κ1) is 10.6. The zero-order valence-electron chi connectivity index (χ0n) is 8.38. The highest BCUT2D eigenvalue weighted by molar-refractivity contribution is 7.17. The van der Waals surface area contributed by atoms with E-state index in [0.717, 1.165) is 16.2 Å². The Morgan fingerprint density at radius 1 is 1.38 bits per heavy atom. The number of thiophene rings is 1. The highest BCUT2D eigenvalue weighted by Crippen LogP contribution is 2.31. The van der Waals surface area contributed by atoms with E-state index in [2.05, 4.69) is 9.97 Å². The summed E-state index contributed by atoms with van der Waals surface area (Å²) in [6, 6.07) is 3.23. The molecule has 0 unspecified atom stereocenters. The lowest BCUT2D eigenvalue weighted by atomic mass is 10.3. The predicted molar refractivity (Wildman–Crippen MR) is 58.9 cm³/mol. The molecule has 82 valence electrons. The molecule has 0 amide bonds. The van der Waals surface area contributed by atoms with E-state index >= 15 is 0 Å². The van der Waals surface area contributed by atoms with E-state index in [1.807, 2.05) is 0 Å². The van der Waals surface area contributed by atoms with E-state index in [1.54, 1.807) is 6.07 Å². The Hall–Kier alpha value is -1.95. The molecule has 16 heavy (non-hydrogen) atoms. The van der Waals surface area contributed by atoms with Gasteiger partial charge >= 0.3 is 5.97 Å². The molecule has 0 spiro atoms. The van der Waals surface area contributed by atoms with Gasteiger partial charge in [-0.2, -0.15) is 0 Å². The molecule has 0 aliphatic carbocycles. The summed E-state index contributed by atoms with van der Waals surface area (Å²) in [5.41, 5.74) is 0.558. The topological polar surface area (TPSA) is 72.3 Å². The summed E-state index contributed by atoms with van der Waals surface area (Å²) < 4.78 is 5.06. The van der Waals surface area contributed by atoms with E-state index in [1.165, 1.54) is 25.6 Å². The van der Waals surface area contributed by atoms with Gasteiger partial charge in [-0.15, -0.1) is 11.3 Å². The molecule has 2 rings (SSSR count). The number of methoxy groups -OCH3 is 1. The van der Waals surface area contributed by atoms with Gasteiger partial charge in [-0.1, -0.05) is 0 Å². The zero-order valence-corrected chi connectivity index (χ0v) is 9.19. The SMILES string of the molecule is COc1nccnc1-c1ccc(C(=O)O)s1. The summed E-state index contributed by atoms with van der Waals surface area (Å²) in [5, 5.41) is 8.81. The van der Waals surface area contributed by atoms with Crippen LogP contribution in [-0.4, -0.2) is 28.2 Å². The second-order valence-corrected chi connectivity index (χ2v) is 3.97. The van der Waals surface area contributed by atoms with Crippen molar-refractivity contribution in [1.82, 2.24) is 9.97 Å². The van der Waals surface area contributed by atoms with Crippen molar-refractivity contribution in [2.24, 2.45) is 0 Å². The van der Waals surface area contributed by atoms with Crippen LogP contribution in [0.2, 0.25) is 0 Å². The molecular weight excluding hydrogens is 228 g/mol. The minimum atomic E-state index is -0.945. The van der Waals surface area contributed by atoms with Gasteiger partial charge < -0.3 is 9.84 Å². The minimum Gasteiger partial charge on any atom is -0.479 e. The van der Waals surface area contributed by atoms with Gasteiger partial charge in [-0.3, -0.25) is 0 Å². The maximum absolute atomic E-state index is 10.7. The van der Waals surface area contributed by atoms with E-state index in [-0.39, 0.29) is 4.88 Å². The molecule has 0 atom stereocenters. The Kier molecular flexibility index (Phi) is 2.82. The van der Waals surface area contributed by atoms with Crippen molar-refractivity contribution in [3.63, 3.8) is 0 Å². The number of hydrogen-bond donors (Lipinski definition) is 1. The van der Waals surface area contributed by atoms with Gasteiger partial charge in [0, 0.05) is 12.4 Å². The van der Waals surface area contributed by atoms with Crippen LogP contribution in [0.15, 0.2) is 24.5 Å². The zero-order chi connectivity index (χ0) is 11.5. The Morgan fingerprint density at radius 2 is 2.12 bits per heavy atom. The van der Waals surface area contributed by atoms with Crippen molar-refractivity contribution in [3.05, 3.63) is 29.4 Å². The number of hydrogen-bond acceptors (Lipinski definition) is 5. The number of carbonyl (C=O) groups is 1. The average Bonchev–Trinajstić information content (AvgIpc) is 2.78. The lowest BCUT2D eigenvalue weighted by Gasteiger charge is -2.02. The molecule has 0 aromatic carbocycles. The van der Waals surface area contributed by atoms with Gasteiger partial charge in [0.15, 0.2) is 0 Å². The maximum Gasteiger partial charge on any atom is 0.345 e. The molecule has 1 N–H and O–H groups in total. The lowest BCUT2D eigenvalue weighted by Crippen LogP contribution is -1.92. The van der Waals surface area contributed by atoms with E-state index in [0.29, 0.717) is 11.6 Å². The summed E-state index contributed by atoms with van der Waals surface area (Å²) in [6.07, 6.45) is 3.06. The van der Waals surface area contributed by atoms with Crippen LogP contribution in [0.4, 0.5) is 0 Å². The highest BCUT2D eigenvalue weighted by atomic mass is 32.1. The van der Waals surface area contributed by atoms with Crippen molar-refractivity contribution in [3.8, 4) is 16.5 Å². The Labute approximate surface area is 95.4 Å². The van der Waals surface area contributed by atoms with Crippen molar-refractivity contribution >= 4 is 17.3 Å². The fourth-order valence-electron chi connectivity index (χ4n) is 1.22. The molecule has 2 aromatic heterocycles. The Balaban J connectivity index is 2.46. The van der Waals surface area contributed by atoms with Gasteiger partial charge in [-0.05, 0) is 12.1 Å². The minimum absolute atomic E-state index is 0.266. The number of rotatable bonds is 3. The third-order valence-electron chi connectivity index (χ3n) is 1.91. The summed E-state index contributed by atoms with van der Waals surface area (Å²) in [6.45, 7) is 0. The Bertz CT molecular complexity index is 524. The quantitative estimate of drug-likeness (QED) is 0.881. The normalized spacial score (nSPS) is 10.1. The van der Waals surface area contributed by atoms with Gasteiger partial charge in [0.2, 0.25) is 5.88 Å². The van der Waals surface area contributed by atoms with E-state index in [9.17, 15) is 4.79 Å². The first-order chi connectivity index (χ1) is 7.72. The highest BCUT2D eigenvalue weighted by Gasteiger charge is 2.13. The van der Waals surface area contributed by atoms with Crippen molar-refractivity contribution in [2.45, 2.75) is 0 Å². The first-order valence-electron chi connectivity index (χ1n) is 4.41. The van der Waals surface area contributed by atoms with Crippen LogP contribution in [0.3, 0.4) is 0 Å². The van der Waals surface area contributed by atoms with Crippen LogP contribution in [0, 0.1) is 0 Å². The molecular formula is C10H8N2O3S. The molecule has 2 aromatic rings. The number of aromatic carboxylic acids is 1. The number of ether oxygens (including phenoxy) is 1. The molecule has 0 radical (unpaired) electrons. The largest absolute Gasteiger partial charge is 0.479 e. The second-order valence-electron chi connectivity index (χ2n) is 2.88. The number of carboxylic acids is 1. The van der Waals surface area contributed by atoms with Crippen LogP contribution in [0.1, 0.15) is 9.67 Å². The van der Waals surface area contributed by atoms with Crippen LogP contribution >= 0.6 is 11.3 Å². The van der Waals surface area contributed by atoms with E-state index in [4.69, 9.17) is 9.84 Å². The summed E-state index contributed by atoms with van der Waals surface area (Å²) in [4.78, 5) is 19.9. The van der Waals surface area contributed by atoms with Gasteiger partial charge in [0.25, 0.3) is 0 Å². The molecule has 0 bridgehead atoms. The van der Waals surface area contributed by atoms with Crippen LogP contribution in [0.5, 0.6) is 5.88 Å². The second kappa shape index (κ2) is 4.28. The van der Waals surface area contributed by atoms with Gasteiger partial charge in [0.1, 0.15) is 10.6 Å². The molecule has 2 heterocycles. The van der Waals surface area contributed by atoms with Crippen LogP contribution < -0.4 is 4.74 Å². The fourth-order valence-corrected chi connectivity index (χ4v) is 2.06. The molecule has 0 fully saturated rings. The fraction of sp³-hybridized carbons (Fsp3) is 0.100. The van der Waals surface area contributed by atoms with Crippen molar-refractivity contribution in [2.75, 3.05) is 7.11 Å². The van der Waals surface area contributed by atoms with Crippen molar-refractivity contribution < 1.29 is 14.6 Å². The standard InChI is InChI=1S/C10H8N2O3S/c1-15-9-8(11-4-5-12-9)6-2-3-7(16-6)10(13)14/h2-5H,1H3,(H,13,14). The van der Waals surface area contributed by atoms with Crippen LogP contribution in [-0.2, 0) is 0 Å². The molecule has 0 saturated carbocycles. The van der Waals surface area contributed by atoms with Gasteiger partial charge in [-0.25, -0.2) is 14.8 Å². The monoisotopic (exact) mass is 236 g/mol. The average molecular weight is 236 g/mol. The number of carboxylic acid groups (broad SMARTS) is 1. The smallest absolute Gasteiger partial charge is 0.345 e. The molecule has 0 aliphatic rings. The maximum atomic E-state index is 10.7. The molecule has 6 heteroatoms. The lowest BCUT2D eigenvalue weighted by molar-refractivity contribution is 0.0702. The number of nitrogens with zero attached hydrogens (tertiary/aromatic N) is 2. The Morgan fingerprint density at radius 3 is 2.75 bits per heavy atom. The predicted octanol–water partition coefficient (Wildman–Crippen LogP) is 1.91. The number of aromatic nitrogens is 2. The molecule has 5 nitrogen and oxygen atoms in total. The van der Waals surface area contributed by atoms with Gasteiger partial charge in [0.05, 0.1) is 12.0 Å². The van der Waals surface area contributed by atoms with Crippen molar-refractivity contribution in [1.29, 1.82) is 0 Å². The third-order valence-corrected chi connectivity index (χ3v) is 2.99. The summed E-state index contributed by atoms with van der Waals surface area (Å²) >= 11 is 1.14. The summed E-state index contributed by atoms with van der Waals surface area (Å²) in [5.74, 6) is -0.555. The first-order valence-corrected chi connectivity index (χ1v) is 5.22. The van der Waals surface area contributed by atoms with E-state index < -0.39 is 5.97 Å². The third kappa shape index (κ3) is 1.87. The molecule has 0 saturated heterocycles. The summed E-state index contributed by atoms with van der Waals surface area (Å²) in [7, 11) is 1.50.